The molecule has 0 atom stereocenters. The summed E-state index contributed by atoms with van der Waals surface area (Å²) in [5, 5.41) is 0.148. The van der Waals surface area contributed by atoms with Crippen LogP contribution in [-0.2, 0) is 23.1 Å². The Morgan fingerprint density at radius 1 is 1.29 bits per heavy atom. The lowest BCUT2D eigenvalue weighted by Gasteiger charge is -2.09. The van der Waals surface area contributed by atoms with E-state index in [9.17, 15) is 8.42 Å². The Morgan fingerprint density at radius 2 is 2.05 bits per heavy atom. The summed E-state index contributed by atoms with van der Waals surface area (Å²) in [6.45, 7) is 2.08. The Morgan fingerprint density at radius 3 is 2.67 bits per heavy atom. The third-order valence-electron chi connectivity index (χ3n) is 2.80. The molecule has 3 N–H and O–H groups in total. The summed E-state index contributed by atoms with van der Waals surface area (Å²) < 4.78 is 27.0. The highest BCUT2D eigenvalue weighted by atomic mass is 35.5. The van der Waals surface area contributed by atoms with Crippen molar-refractivity contribution in [1.29, 1.82) is 0 Å². The van der Waals surface area contributed by atoms with E-state index in [4.69, 9.17) is 17.3 Å². The third-order valence-corrected chi connectivity index (χ3v) is 4.68. The first-order chi connectivity index (χ1) is 9.92. The van der Waals surface area contributed by atoms with Crippen LogP contribution in [0.1, 0.15) is 17.0 Å². The molecule has 0 saturated heterocycles. The molecule has 0 aliphatic carbocycles. The average Bonchev–Trinajstić information content (AvgIpc) is 2.47. The normalized spacial score (nSPS) is 11.6. The first kappa shape index (κ1) is 15.8. The van der Waals surface area contributed by atoms with Gasteiger partial charge < -0.3 is 5.73 Å². The van der Waals surface area contributed by atoms with E-state index in [1.165, 1.54) is 18.3 Å². The number of hydrogen-bond acceptors (Lipinski definition) is 5. The molecule has 2 rings (SSSR count). The highest BCUT2D eigenvalue weighted by Crippen LogP contribution is 2.22. The van der Waals surface area contributed by atoms with E-state index in [2.05, 4.69) is 14.7 Å². The van der Waals surface area contributed by atoms with Crippen LogP contribution in [0.2, 0.25) is 5.02 Å². The van der Waals surface area contributed by atoms with Crippen LogP contribution in [0.3, 0.4) is 0 Å². The predicted octanol–water partition coefficient (Wildman–Crippen LogP) is 1.38. The molecule has 112 valence electrons. The summed E-state index contributed by atoms with van der Waals surface area (Å²) in [7, 11) is -3.74. The average molecular weight is 327 g/mol. The zero-order valence-electron chi connectivity index (χ0n) is 11.4. The van der Waals surface area contributed by atoms with Gasteiger partial charge in [-0.1, -0.05) is 17.7 Å². The molecular formula is C13H15ClN4O2S. The Bertz CT molecular complexity index is 732. The van der Waals surface area contributed by atoms with Crippen LogP contribution < -0.4 is 10.5 Å². The van der Waals surface area contributed by atoms with E-state index in [1.807, 2.05) is 0 Å². The van der Waals surface area contributed by atoms with Gasteiger partial charge in [-0.25, -0.2) is 13.1 Å². The minimum absolute atomic E-state index is 0.00666. The zero-order chi connectivity index (χ0) is 15.5. The standard InChI is InChI=1S/C13H15ClN4O2S/c1-9-6-17-11(7-16-9)8-18-21(19,20)13-4-10(5-15)2-3-12(13)14/h2-4,6-7,18H,5,8,15H2,1H3. The molecule has 0 saturated carbocycles. The van der Waals surface area contributed by atoms with E-state index in [0.29, 0.717) is 11.3 Å². The fourth-order valence-electron chi connectivity index (χ4n) is 1.64. The van der Waals surface area contributed by atoms with Gasteiger partial charge in [0, 0.05) is 12.7 Å². The van der Waals surface area contributed by atoms with E-state index in [1.54, 1.807) is 19.2 Å². The molecule has 0 aliphatic rings. The molecule has 2 aromatic rings. The highest BCUT2D eigenvalue weighted by molar-refractivity contribution is 7.89. The van der Waals surface area contributed by atoms with Gasteiger partial charge in [0.2, 0.25) is 10.0 Å². The van der Waals surface area contributed by atoms with Gasteiger partial charge in [0.1, 0.15) is 4.90 Å². The van der Waals surface area contributed by atoms with Crippen molar-refractivity contribution in [3.8, 4) is 0 Å². The van der Waals surface area contributed by atoms with Gasteiger partial charge >= 0.3 is 0 Å². The predicted molar refractivity (Wildman–Crippen MR) is 80.1 cm³/mol. The fourth-order valence-corrected chi connectivity index (χ4v) is 3.18. The molecule has 1 aromatic carbocycles. The molecule has 0 radical (unpaired) electrons. The summed E-state index contributed by atoms with van der Waals surface area (Å²) in [4.78, 5) is 8.15. The van der Waals surface area contributed by atoms with Gasteiger partial charge in [0.25, 0.3) is 0 Å². The number of nitrogens with two attached hydrogens (primary N) is 1. The molecule has 1 heterocycles. The number of aromatic nitrogens is 2. The number of sulfonamides is 1. The number of nitrogens with one attached hydrogen (secondary N) is 1. The van der Waals surface area contributed by atoms with Crippen molar-refractivity contribution in [3.05, 3.63) is 52.6 Å². The second-order valence-electron chi connectivity index (χ2n) is 4.44. The first-order valence-corrected chi connectivity index (χ1v) is 8.04. The number of rotatable bonds is 5. The van der Waals surface area contributed by atoms with E-state index in [0.717, 1.165) is 5.69 Å². The van der Waals surface area contributed by atoms with Crippen molar-refractivity contribution < 1.29 is 8.42 Å². The second-order valence-corrected chi connectivity index (χ2v) is 6.59. The largest absolute Gasteiger partial charge is 0.326 e. The number of nitrogens with zero attached hydrogens (tertiary/aromatic N) is 2. The molecule has 0 fully saturated rings. The van der Waals surface area contributed by atoms with Crippen LogP contribution in [-0.4, -0.2) is 18.4 Å². The quantitative estimate of drug-likeness (QED) is 0.865. The minimum Gasteiger partial charge on any atom is -0.326 e. The Hall–Kier alpha value is -1.54. The summed E-state index contributed by atoms with van der Waals surface area (Å²) in [5.74, 6) is 0. The maximum absolute atomic E-state index is 12.3. The lowest BCUT2D eigenvalue weighted by atomic mass is 10.2. The van der Waals surface area contributed by atoms with Crippen LogP contribution >= 0.6 is 11.6 Å². The van der Waals surface area contributed by atoms with Gasteiger partial charge in [0.05, 0.1) is 29.2 Å². The number of hydrogen-bond donors (Lipinski definition) is 2. The van der Waals surface area contributed by atoms with Crippen LogP contribution in [0.4, 0.5) is 0 Å². The Balaban J connectivity index is 2.20. The van der Waals surface area contributed by atoms with Gasteiger partial charge in [-0.2, -0.15) is 0 Å². The van der Waals surface area contributed by atoms with Crippen molar-refractivity contribution in [1.82, 2.24) is 14.7 Å². The maximum atomic E-state index is 12.3. The van der Waals surface area contributed by atoms with Crippen molar-refractivity contribution in [3.63, 3.8) is 0 Å². The molecule has 0 aliphatic heterocycles. The summed E-state index contributed by atoms with van der Waals surface area (Å²) >= 11 is 5.95. The fraction of sp³-hybridized carbons (Fsp3) is 0.231. The van der Waals surface area contributed by atoms with Gasteiger partial charge in [0.15, 0.2) is 0 Å². The van der Waals surface area contributed by atoms with E-state index >= 15 is 0 Å². The number of aryl methyl sites for hydroxylation is 1. The minimum atomic E-state index is -3.74. The van der Waals surface area contributed by atoms with E-state index < -0.39 is 10.0 Å². The zero-order valence-corrected chi connectivity index (χ0v) is 12.9. The molecule has 1 aromatic heterocycles. The van der Waals surface area contributed by atoms with Crippen molar-refractivity contribution in [2.45, 2.75) is 24.9 Å². The van der Waals surface area contributed by atoms with Crippen molar-refractivity contribution in [2.24, 2.45) is 5.73 Å². The van der Waals surface area contributed by atoms with Crippen LogP contribution in [0.25, 0.3) is 0 Å². The monoisotopic (exact) mass is 326 g/mol. The van der Waals surface area contributed by atoms with Crippen molar-refractivity contribution in [2.75, 3.05) is 0 Å². The van der Waals surface area contributed by atoms with Crippen LogP contribution in [0.5, 0.6) is 0 Å². The molecule has 6 nitrogen and oxygen atoms in total. The molecule has 8 heteroatoms. The van der Waals surface area contributed by atoms with E-state index in [-0.39, 0.29) is 23.0 Å². The molecular weight excluding hydrogens is 312 g/mol. The molecule has 21 heavy (non-hydrogen) atoms. The topological polar surface area (TPSA) is 98.0 Å². The lowest BCUT2D eigenvalue weighted by Crippen LogP contribution is -2.24. The number of halogens is 1. The summed E-state index contributed by atoms with van der Waals surface area (Å²) in [6, 6.07) is 4.67. The SMILES string of the molecule is Cc1cnc(CNS(=O)(=O)c2cc(CN)ccc2Cl)cn1. The summed E-state index contributed by atoms with van der Waals surface area (Å²) in [6.07, 6.45) is 3.10. The van der Waals surface area contributed by atoms with Crippen LogP contribution in [0.15, 0.2) is 35.5 Å². The van der Waals surface area contributed by atoms with Gasteiger partial charge in [-0.05, 0) is 24.6 Å². The first-order valence-electron chi connectivity index (χ1n) is 6.18. The van der Waals surface area contributed by atoms with Crippen molar-refractivity contribution >= 4 is 21.6 Å². The maximum Gasteiger partial charge on any atom is 0.242 e. The molecule has 0 unspecified atom stereocenters. The smallest absolute Gasteiger partial charge is 0.242 e. The third kappa shape index (κ3) is 3.98. The summed E-state index contributed by atoms with van der Waals surface area (Å²) in [5.41, 5.74) is 7.49. The molecule has 0 spiro atoms. The lowest BCUT2D eigenvalue weighted by molar-refractivity contribution is 0.580. The van der Waals surface area contributed by atoms with Crippen LogP contribution in [0, 0.1) is 6.92 Å². The van der Waals surface area contributed by atoms with Gasteiger partial charge in [-0.15, -0.1) is 0 Å². The van der Waals surface area contributed by atoms with Gasteiger partial charge in [-0.3, -0.25) is 9.97 Å². The Labute approximate surface area is 128 Å². The second kappa shape index (κ2) is 6.48. The molecule has 0 amide bonds. The molecule has 0 bridgehead atoms. The highest BCUT2D eigenvalue weighted by Gasteiger charge is 2.18. The number of benzene rings is 1. The Kier molecular flexibility index (Phi) is 4.89.